The van der Waals surface area contributed by atoms with E-state index in [-0.39, 0.29) is 47.4 Å². The first-order valence-electron chi connectivity index (χ1n) is 19.0. The van der Waals surface area contributed by atoms with Gasteiger partial charge in [0.25, 0.3) is 16.0 Å². The monoisotopic (exact) mass is 829 g/mol. The van der Waals surface area contributed by atoms with Crippen LogP contribution in [0.15, 0.2) is 42.7 Å². The zero-order chi connectivity index (χ0) is 41.7. The van der Waals surface area contributed by atoms with Crippen molar-refractivity contribution in [3.63, 3.8) is 0 Å². The summed E-state index contributed by atoms with van der Waals surface area (Å²) in [5.41, 5.74) is 1.58. The zero-order valence-corrected chi connectivity index (χ0v) is 32.5. The minimum absolute atomic E-state index is 0.0637. The van der Waals surface area contributed by atoms with E-state index in [1.807, 2.05) is 17.0 Å². The predicted octanol–water partition coefficient (Wildman–Crippen LogP) is 2.72. The molecule has 2 aromatic heterocycles. The molecule has 5 N–H and O–H groups in total. The summed E-state index contributed by atoms with van der Waals surface area (Å²) in [4.78, 5) is 56.9. The smallest absolute Gasteiger partial charge is 0.356 e. The van der Waals surface area contributed by atoms with Gasteiger partial charge in [0.2, 0.25) is 23.6 Å². The number of anilines is 3. The molecule has 0 spiro atoms. The highest BCUT2D eigenvalue weighted by atomic mass is 32.2. The third-order valence-corrected chi connectivity index (χ3v) is 10.6. The number of alkyl halides is 3. The molecule has 1 unspecified atom stereocenters. The second-order valence-corrected chi connectivity index (χ2v) is 15.6. The number of hydrogen-bond donors (Lipinski definition) is 5. The number of hydrogen-bond acceptors (Lipinski definition) is 13. The highest BCUT2D eigenvalue weighted by molar-refractivity contribution is 7.85. The normalized spacial score (nSPS) is 16.1. The fourth-order valence-corrected chi connectivity index (χ4v) is 7.12. The van der Waals surface area contributed by atoms with Gasteiger partial charge >= 0.3 is 6.18 Å². The van der Waals surface area contributed by atoms with Crippen LogP contribution in [0, 0.1) is 17.2 Å². The second kappa shape index (κ2) is 20.2. The number of aromatic nitrogens is 4. The summed E-state index contributed by atoms with van der Waals surface area (Å²) < 4.78 is 72.4. The largest absolute Gasteiger partial charge is 0.451 e. The lowest BCUT2D eigenvalue weighted by Gasteiger charge is -2.34. The van der Waals surface area contributed by atoms with Crippen molar-refractivity contribution >= 4 is 45.4 Å². The molecule has 0 bridgehead atoms. The quantitative estimate of drug-likeness (QED) is 0.0917. The average Bonchev–Trinajstić information content (AvgIpc) is 3.70. The summed E-state index contributed by atoms with van der Waals surface area (Å²) in [6.07, 6.45) is 2.51. The molecule has 1 atom stereocenters. The van der Waals surface area contributed by atoms with E-state index < -0.39 is 39.8 Å². The van der Waals surface area contributed by atoms with Gasteiger partial charge in [-0.2, -0.15) is 26.9 Å². The van der Waals surface area contributed by atoms with E-state index >= 15 is 0 Å². The van der Waals surface area contributed by atoms with Crippen molar-refractivity contribution in [3.05, 3.63) is 65.2 Å². The Morgan fingerprint density at radius 3 is 2.29 bits per heavy atom. The topological polar surface area (TPSA) is 236 Å². The SMILES string of the molecule is N#Cc1ccc(CCNC(=O)C2CCCN2c2cc(N3CCC(CCCC(=O)NCCNc4ncc(C(=O)NCCS(=O)(=O)O)cn4)CC3)nc(C(F)(F)F)n2)cc1. The molecule has 312 valence electrons. The van der Waals surface area contributed by atoms with Crippen LogP contribution in [-0.2, 0) is 32.3 Å². The Balaban J connectivity index is 1.03. The van der Waals surface area contributed by atoms with Gasteiger partial charge in [0, 0.05) is 70.7 Å². The van der Waals surface area contributed by atoms with Crippen LogP contribution in [0.3, 0.4) is 0 Å². The first-order valence-corrected chi connectivity index (χ1v) is 20.6. The fourth-order valence-electron chi connectivity index (χ4n) is 6.76. The third kappa shape index (κ3) is 13.2. The Kier molecular flexibility index (Phi) is 15.1. The highest BCUT2D eigenvalue weighted by Gasteiger charge is 2.39. The zero-order valence-electron chi connectivity index (χ0n) is 31.7. The maximum absolute atomic E-state index is 14.0. The lowest BCUT2D eigenvalue weighted by molar-refractivity contribution is -0.144. The molecule has 0 aliphatic carbocycles. The van der Waals surface area contributed by atoms with Gasteiger partial charge in [-0.15, -0.1) is 0 Å². The Hall–Kier alpha value is -5.62. The molecule has 1 aromatic carbocycles. The maximum atomic E-state index is 14.0. The van der Waals surface area contributed by atoms with Crippen molar-refractivity contribution in [1.82, 2.24) is 35.9 Å². The first kappa shape index (κ1) is 43.5. The van der Waals surface area contributed by atoms with Crippen molar-refractivity contribution < 1.29 is 40.5 Å². The summed E-state index contributed by atoms with van der Waals surface area (Å²) in [6.45, 7) is 2.02. The minimum Gasteiger partial charge on any atom is -0.356 e. The second-order valence-electron chi connectivity index (χ2n) is 14.0. The standard InChI is InChI=1S/C37H46F3N11O6S/c38-37(39,40)35-48-30(21-31(49-35)51-17-2-4-29(51)34(54)43-13-10-26-6-8-27(22-41)9-7-26)50-18-11-25(12-19-50)3-1-5-32(52)42-14-15-45-36-46-23-28(24-47-36)33(53)44-16-20-58(55,56)57/h6-9,21,23-25,29H,1-5,10-20H2,(H,42,52)(H,43,54)(H,44,53)(H,45,46,47)(H,55,56,57). The fraction of sp³-hybridized carbons (Fsp3) is 0.514. The van der Waals surface area contributed by atoms with Crippen LogP contribution in [0.4, 0.5) is 30.8 Å². The van der Waals surface area contributed by atoms with Crippen LogP contribution in [0.5, 0.6) is 0 Å². The number of rotatable bonds is 18. The van der Waals surface area contributed by atoms with Gasteiger partial charge in [0.05, 0.1) is 22.9 Å². The number of amides is 3. The summed E-state index contributed by atoms with van der Waals surface area (Å²) >= 11 is 0. The highest BCUT2D eigenvalue weighted by Crippen LogP contribution is 2.34. The van der Waals surface area contributed by atoms with E-state index in [0.29, 0.717) is 89.8 Å². The van der Waals surface area contributed by atoms with E-state index in [9.17, 15) is 36.0 Å². The molecule has 0 radical (unpaired) electrons. The summed E-state index contributed by atoms with van der Waals surface area (Å²) in [5.74, 6) is -2.15. The Morgan fingerprint density at radius 1 is 0.914 bits per heavy atom. The Morgan fingerprint density at radius 2 is 1.62 bits per heavy atom. The van der Waals surface area contributed by atoms with Gasteiger partial charge in [-0.3, -0.25) is 18.9 Å². The van der Waals surface area contributed by atoms with E-state index in [1.165, 1.54) is 18.5 Å². The molecule has 0 saturated carbocycles. The lowest BCUT2D eigenvalue weighted by atomic mass is 9.91. The number of piperidine rings is 1. The van der Waals surface area contributed by atoms with E-state index in [2.05, 4.69) is 47.3 Å². The summed E-state index contributed by atoms with van der Waals surface area (Å²) in [5, 5.41) is 20.0. The van der Waals surface area contributed by atoms with Crippen LogP contribution in [-0.4, -0.2) is 108 Å². The molecular formula is C37H46F3N11O6S. The molecule has 2 aliphatic heterocycles. The molecule has 21 heteroatoms. The van der Waals surface area contributed by atoms with Crippen molar-refractivity contribution in [2.24, 2.45) is 5.92 Å². The van der Waals surface area contributed by atoms with Gasteiger partial charge in [0.15, 0.2) is 0 Å². The molecule has 3 aromatic rings. The number of nitrogens with one attached hydrogen (secondary N) is 4. The molecular weight excluding hydrogens is 784 g/mol. The molecule has 2 fully saturated rings. The van der Waals surface area contributed by atoms with Crippen LogP contribution in [0.1, 0.15) is 72.3 Å². The van der Waals surface area contributed by atoms with E-state index in [1.54, 1.807) is 17.0 Å². The van der Waals surface area contributed by atoms with Crippen molar-refractivity contribution in [1.29, 1.82) is 5.26 Å². The Labute approximate surface area is 334 Å². The predicted molar refractivity (Wildman–Crippen MR) is 206 cm³/mol. The number of nitrogens with zero attached hydrogens (tertiary/aromatic N) is 7. The molecule has 5 rings (SSSR count). The van der Waals surface area contributed by atoms with E-state index in [0.717, 1.165) is 12.0 Å². The number of benzene rings is 1. The van der Waals surface area contributed by atoms with Crippen molar-refractivity contribution in [2.75, 3.05) is 66.7 Å². The van der Waals surface area contributed by atoms with Crippen LogP contribution >= 0.6 is 0 Å². The molecule has 2 aliphatic rings. The number of carbonyl (C=O) groups excluding carboxylic acids is 3. The summed E-state index contributed by atoms with van der Waals surface area (Å²) in [6, 6.07) is 9.97. The molecule has 17 nitrogen and oxygen atoms in total. The van der Waals surface area contributed by atoms with Crippen LogP contribution in [0.2, 0.25) is 0 Å². The molecule has 3 amide bonds. The van der Waals surface area contributed by atoms with E-state index in [4.69, 9.17) is 9.81 Å². The maximum Gasteiger partial charge on any atom is 0.451 e. The number of carbonyl (C=O) groups is 3. The third-order valence-electron chi connectivity index (χ3n) is 9.84. The van der Waals surface area contributed by atoms with Gasteiger partial charge in [-0.1, -0.05) is 12.1 Å². The van der Waals surface area contributed by atoms with Gasteiger partial charge in [-0.05, 0) is 68.6 Å². The number of nitriles is 1. The van der Waals surface area contributed by atoms with Gasteiger partial charge < -0.3 is 31.1 Å². The van der Waals surface area contributed by atoms with Crippen molar-refractivity contribution in [2.45, 2.75) is 63.6 Å². The van der Waals surface area contributed by atoms with Gasteiger partial charge in [-0.25, -0.2) is 19.9 Å². The first-order chi connectivity index (χ1) is 27.7. The van der Waals surface area contributed by atoms with Crippen molar-refractivity contribution in [3.8, 4) is 6.07 Å². The van der Waals surface area contributed by atoms with Crippen LogP contribution < -0.4 is 31.1 Å². The average molecular weight is 830 g/mol. The van der Waals surface area contributed by atoms with Crippen LogP contribution in [0.25, 0.3) is 0 Å². The van der Waals surface area contributed by atoms with Gasteiger partial charge in [0.1, 0.15) is 17.7 Å². The molecule has 58 heavy (non-hydrogen) atoms. The Bertz CT molecular complexity index is 2030. The molecule has 4 heterocycles. The molecule has 2 saturated heterocycles. The summed E-state index contributed by atoms with van der Waals surface area (Å²) in [7, 11) is -4.20. The minimum atomic E-state index is -4.78. The lowest BCUT2D eigenvalue weighted by Crippen LogP contribution is -2.44. The number of halogens is 3.